The van der Waals surface area contributed by atoms with Gasteiger partial charge in [0.05, 0.1) is 7.11 Å². The minimum absolute atomic E-state index is 0.188. The highest BCUT2D eigenvalue weighted by molar-refractivity contribution is 5.30. The first-order chi connectivity index (χ1) is 7.70. The lowest BCUT2D eigenvalue weighted by molar-refractivity contribution is 0.409. The van der Waals surface area contributed by atoms with Crippen molar-refractivity contribution in [1.29, 1.82) is 0 Å². The first-order valence-electron chi connectivity index (χ1n) is 5.79. The van der Waals surface area contributed by atoms with Crippen molar-refractivity contribution in [1.82, 2.24) is 0 Å². The zero-order valence-corrected chi connectivity index (χ0v) is 9.58. The van der Waals surface area contributed by atoms with Crippen LogP contribution in [0.15, 0.2) is 18.2 Å². The summed E-state index contributed by atoms with van der Waals surface area (Å²) in [5.74, 6) is 1.12. The monoisotopic (exact) mass is 223 g/mol. The van der Waals surface area contributed by atoms with Crippen molar-refractivity contribution in [3.8, 4) is 5.75 Å². The molecule has 2 nitrogen and oxygen atoms in total. The standard InChI is InChI=1S/C13H18FNO/c1-16-10-5-6-11(12(14)8-10)13(15)7-4-9-2-3-9/h5-6,8-9,13H,2-4,7,15H2,1H3. The van der Waals surface area contributed by atoms with E-state index in [0.717, 1.165) is 18.8 Å². The van der Waals surface area contributed by atoms with Crippen LogP contribution in [0.3, 0.4) is 0 Å². The molecule has 1 saturated carbocycles. The van der Waals surface area contributed by atoms with Gasteiger partial charge in [-0.1, -0.05) is 18.9 Å². The Balaban J connectivity index is 2.00. The van der Waals surface area contributed by atoms with Crippen LogP contribution < -0.4 is 10.5 Å². The molecule has 1 aromatic rings. The van der Waals surface area contributed by atoms with E-state index in [9.17, 15) is 4.39 Å². The highest BCUT2D eigenvalue weighted by atomic mass is 19.1. The molecule has 0 aliphatic heterocycles. The summed E-state index contributed by atoms with van der Waals surface area (Å²) in [6.45, 7) is 0. The van der Waals surface area contributed by atoms with E-state index in [2.05, 4.69) is 0 Å². The second-order valence-corrected chi connectivity index (χ2v) is 4.51. The Bertz CT molecular complexity index is 363. The highest BCUT2D eigenvalue weighted by Crippen LogP contribution is 2.35. The van der Waals surface area contributed by atoms with Crippen LogP contribution >= 0.6 is 0 Å². The molecular formula is C13H18FNO. The zero-order chi connectivity index (χ0) is 11.5. The number of hydrogen-bond acceptors (Lipinski definition) is 2. The number of halogens is 1. The average Bonchev–Trinajstić information content (AvgIpc) is 3.09. The van der Waals surface area contributed by atoms with Crippen LogP contribution in [-0.2, 0) is 0 Å². The molecule has 3 heteroatoms. The van der Waals surface area contributed by atoms with E-state index in [-0.39, 0.29) is 11.9 Å². The summed E-state index contributed by atoms with van der Waals surface area (Å²) in [6.07, 6.45) is 4.62. The quantitative estimate of drug-likeness (QED) is 0.832. The minimum Gasteiger partial charge on any atom is -0.497 e. The fourth-order valence-electron chi connectivity index (χ4n) is 1.91. The van der Waals surface area contributed by atoms with Crippen molar-refractivity contribution in [2.75, 3.05) is 7.11 Å². The van der Waals surface area contributed by atoms with Crippen molar-refractivity contribution < 1.29 is 9.13 Å². The van der Waals surface area contributed by atoms with Crippen molar-refractivity contribution in [3.05, 3.63) is 29.6 Å². The van der Waals surface area contributed by atoms with Crippen molar-refractivity contribution in [2.24, 2.45) is 11.7 Å². The van der Waals surface area contributed by atoms with Gasteiger partial charge < -0.3 is 10.5 Å². The van der Waals surface area contributed by atoms with Gasteiger partial charge in [0.1, 0.15) is 11.6 Å². The summed E-state index contributed by atoms with van der Waals surface area (Å²) >= 11 is 0. The van der Waals surface area contributed by atoms with Crippen LogP contribution in [0.25, 0.3) is 0 Å². The Hall–Kier alpha value is -1.09. The normalized spacial score (nSPS) is 17.2. The number of benzene rings is 1. The molecule has 1 aliphatic carbocycles. The molecule has 0 radical (unpaired) electrons. The van der Waals surface area contributed by atoms with Crippen LogP contribution in [0, 0.1) is 11.7 Å². The molecule has 88 valence electrons. The van der Waals surface area contributed by atoms with Crippen LogP contribution in [0.2, 0.25) is 0 Å². The molecule has 1 fully saturated rings. The maximum Gasteiger partial charge on any atom is 0.131 e. The summed E-state index contributed by atoms with van der Waals surface area (Å²) in [6, 6.07) is 4.69. The predicted octanol–water partition coefficient (Wildman–Crippen LogP) is 3.02. The SMILES string of the molecule is COc1ccc(C(N)CCC2CC2)c(F)c1. The Morgan fingerprint density at radius 2 is 2.25 bits per heavy atom. The molecule has 1 atom stereocenters. The highest BCUT2D eigenvalue weighted by Gasteiger charge is 2.22. The molecule has 0 aromatic heterocycles. The maximum absolute atomic E-state index is 13.7. The summed E-state index contributed by atoms with van der Waals surface area (Å²) in [5, 5.41) is 0. The molecule has 0 saturated heterocycles. The summed E-state index contributed by atoms with van der Waals surface area (Å²) in [7, 11) is 1.53. The fourth-order valence-corrected chi connectivity index (χ4v) is 1.91. The van der Waals surface area contributed by atoms with Gasteiger partial charge in [-0.25, -0.2) is 4.39 Å². The molecule has 1 aromatic carbocycles. The van der Waals surface area contributed by atoms with Gasteiger partial charge in [-0.3, -0.25) is 0 Å². The van der Waals surface area contributed by atoms with Crippen LogP contribution in [0.4, 0.5) is 4.39 Å². The van der Waals surface area contributed by atoms with Gasteiger partial charge >= 0.3 is 0 Å². The number of hydrogen-bond donors (Lipinski definition) is 1. The van der Waals surface area contributed by atoms with E-state index >= 15 is 0 Å². The second kappa shape index (κ2) is 4.83. The van der Waals surface area contributed by atoms with Gasteiger partial charge in [-0.15, -0.1) is 0 Å². The maximum atomic E-state index is 13.7. The van der Waals surface area contributed by atoms with E-state index < -0.39 is 0 Å². The van der Waals surface area contributed by atoms with Gasteiger partial charge in [0, 0.05) is 17.7 Å². The van der Waals surface area contributed by atoms with Crippen molar-refractivity contribution in [3.63, 3.8) is 0 Å². The van der Waals surface area contributed by atoms with Gasteiger partial charge in [-0.05, 0) is 24.8 Å². The van der Waals surface area contributed by atoms with E-state index in [1.165, 1.54) is 26.0 Å². The molecule has 0 bridgehead atoms. The van der Waals surface area contributed by atoms with Crippen LogP contribution in [0.5, 0.6) is 5.75 Å². The predicted molar refractivity (Wildman–Crippen MR) is 61.8 cm³/mol. The van der Waals surface area contributed by atoms with E-state index in [4.69, 9.17) is 10.5 Å². The Morgan fingerprint density at radius 3 is 2.81 bits per heavy atom. The van der Waals surface area contributed by atoms with E-state index in [0.29, 0.717) is 11.3 Å². The average molecular weight is 223 g/mol. The molecule has 0 spiro atoms. The molecule has 1 unspecified atom stereocenters. The van der Waals surface area contributed by atoms with Gasteiger partial charge in [0.2, 0.25) is 0 Å². The van der Waals surface area contributed by atoms with Crippen LogP contribution in [-0.4, -0.2) is 7.11 Å². The van der Waals surface area contributed by atoms with E-state index in [1.807, 2.05) is 0 Å². The lowest BCUT2D eigenvalue weighted by atomic mass is 10.0. The first kappa shape index (κ1) is 11.4. The zero-order valence-electron chi connectivity index (χ0n) is 9.58. The van der Waals surface area contributed by atoms with Crippen molar-refractivity contribution >= 4 is 0 Å². The number of rotatable bonds is 5. The topological polar surface area (TPSA) is 35.2 Å². The van der Waals surface area contributed by atoms with Gasteiger partial charge in [-0.2, -0.15) is 0 Å². The summed E-state index contributed by atoms with van der Waals surface area (Å²) in [4.78, 5) is 0. The molecule has 0 amide bonds. The lowest BCUT2D eigenvalue weighted by Gasteiger charge is -2.13. The third-order valence-electron chi connectivity index (χ3n) is 3.19. The third kappa shape index (κ3) is 2.73. The second-order valence-electron chi connectivity index (χ2n) is 4.51. The molecule has 2 N–H and O–H groups in total. The smallest absolute Gasteiger partial charge is 0.131 e. The molecule has 1 aliphatic rings. The number of methoxy groups -OCH3 is 1. The summed E-state index contributed by atoms with van der Waals surface area (Å²) in [5.41, 5.74) is 6.58. The van der Waals surface area contributed by atoms with Crippen molar-refractivity contribution in [2.45, 2.75) is 31.7 Å². The molecule has 0 heterocycles. The molecule has 16 heavy (non-hydrogen) atoms. The van der Waals surface area contributed by atoms with E-state index in [1.54, 1.807) is 12.1 Å². The number of nitrogens with two attached hydrogens (primary N) is 1. The first-order valence-corrected chi connectivity index (χ1v) is 5.79. The van der Waals surface area contributed by atoms with Gasteiger partial charge in [0.25, 0.3) is 0 Å². The Labute approximate surface area is 95.6 Å². The molecule has 2 rings (SSSR count). The van der Waals surface area contributed by atoms with Crippen LogP contribution in [0.1, 0.15) is 37.3 Å². The largest absolute Gasteiger partial charge is 0.497 e. The minimum atomic E-state index is -0.261. The Kier molecular flexibility index (Phi) is 3.44. The van der Waals surface area contributed by atoms with Gasteiger partial charge in [0.15, 0.2) is 0 Å². The lowest BCUT2D eigenvalue weighted by Crippen LogP contribution is -2.12. The Morgan fingerprint density at radius 1 is 1.50 bits per heavy atom. The number of ether oxygens (including phenoxy) is 1. The molecular weight excluding hydrogens is 205 g/mol. The fraction of sp³-hybridized carbons (Fsp3) is 0.538. The summed E-state index contributed by atoms with van der Waals surface area (Å²) < 4.78 is 18.6. The third-order valence-corrected chi connectivity index (χ3v) is 3.19.